The van der Waals surface area contributed by atoms with Crippen LogP contribution in [0.15, 0.2) is 48.7 Å². The Hall–Kier alpha value is -2.36. The molecule has 1 saturated heterocycles. The molecular weight excluding hydrogens is 286 g/mol. The van der Waals surface area contributed by atoms with Crippen LogP contribution in [-0.4, -0.2) is 35.9 Å². The third kappa shape index (κ3) is 3.89. The van der Waals surface area contributed by atoms with Crippen molar-refractivity contribution in [3.63, 3.8) is 0 Å². The number of hydrogen-bond donors (Lipinski definition) is 1. The van der Waals surface area contributed by atoms with Gasteiger partial charge in [0.2, 0.25) is 0 Å². The van der Waals surface area contributed by atoms with Crippen molar-refractivity contribution >= 4 is 11.7 Å². The molecule has 1 N–H and O–H groups in total. The highest BCUT2D eigenvalue weighted by Gasteiger charge is 2.23. The van der Waals surface area contributed by atoms with E-state index in [-0.39, 0.29) is 5.91 Å². The molecule has 0 radical (unpaired) electrons. The van der Waals surface area contributed by atoms with Gasteiger partial charge in [0.25, 0.3) is 5.91 Å². The first-order valence-electron chi connectivity index (χ1n) is 8.23. The molecule has 2 aromatic rings. The Bertz CT molecular complexity index is 649. The number of benzene rings is 1. The molecule has 0 aliphatic carbocycles. The summed E-state index contributed by atoms with van der Waals surface area (Å²) in [5, 5.41) is 2.98. The van der Waals surface area contributed by atoms with Crippen LogP contribution in [0.4, 0.5) is 5.82 Å². The van der Waals surface area contributed by atoms with E-state index in [0.29, 0.717) is 11.5 Å². The Morgan fingerprint density at radius 3 is 2.65 bits per heavy atom. The maximum Gasteiger partial charge on any atom is 0.254 e. The predicted molar refractivity (Wildman–Crippen MR) is 92.6 cm³/mol. The first kappa shape index (κ1) is 15.5. The van der Waals surface area contributed by atoms with Gasteiger partial charge in [-0.25, -0.2) is 4.98 Å². The van der Waals surface area contributed by atoms with Gasteiger partial charge in [-0.3, -0.25) is 4.79 Å². The van der Waals surface area contributed by atoms with Gasteiger partial charge < -0.3 is 10.2 Å². The first-order valence-corrected chi connectivity index (χ1v) is 8.23. The molecule has 0 unspecified atom stereocenters. The summed E-state index contributed by atoms with van der Waals surface area (Å²) in [7, 11) is 1.81. The zero-order chi connectivity index (χ0) is 16.1. The molecule has 4 heteroatoms. The van der Waals surface area contributed by atoms with Crippen LogP contribution in [0.5, 0.6) is 0 Å². The lowest BCUT2D eigenvalue weighted by Crippen LogP contribution is -2.38. The van der Waals surface area contributed by atoms with E-state index in [1.54, 1.807) is 12.3 Å². The van der Waals surface area contributed by atoms with Crippen molar-refractivity contribution in [2.24, 2.45) is 5.92 Å². The molecule has 3 rings (SSSR count). The molecule has 1 aromatic carbocycles. The van der Waals surface area contributed by atoms with Gasteiger partial charge in [-0.05, 0) is 42.9 Å². The molecule has 1 aliphatic heterocycles. The highest BCUT2D eigenvalue weighted by molar-refractivity contribution is 5.94. The van der Waals surface area contributed by atoms with Crippen molar-refractivity contribution < 1.29 is 4.79 Å². The summed E-state index contributed by atoms with van der Waals surface area (Å²) in [6, 6.07) is 14.2. The zero-order valence-electron chi connectivity index (χ0n) is 13.5. The van der Waals surface area contributed by atoms with E-state index >= 15 is 0 Å². The van der Waals surface area contributed by atoms with E-state index < -0.39 is 0 Å². The maximum atomic E-state index is 12.6. The smallest absolute Gasteiger partial charge is 0.254 e. The summed E-state index contributed by atoms with van der Waals surface area (Å²) in [4.78, 5) is 18.7. The standard InChI is InChI=1S/C19H23N3O/c1-20-18-14-17(7-10-21-18)19(23)22-11-8-16(9-12-22)13-15-5-3-2-4-6-15/h2-7,10,14,16H,8-9,11-13H2,1H3,(H,20,21). The normalized spacial score (nSPS) is 15.4. The molecule has 0 spiro atoms. The van der Waals surface area contributed by atoms with Crippen molar-refractivity contribution in [3.8, 4) is 0 Å². The number of aromatic nitrogens is 1. The van der Waals surface area contributed by atoms with Gasteiger partial charge in [-0.2, -0.15) is 0 Å². The van der Waals surface area contributed by atoms with Gasteiger partial charge >= 0.3 is 0 Å². The molecule has 1 fully saturated rings. The fourth-order valence-electron chi connectivity index (χ4n) is 3.17. The summed E-state index contributed by atoms with van der Waals surface area (Å²) >= 11 is 0. The van der Waals surface area contributed by atoms with Gasteiger partial charge in [0, 0.05) is 31.9 Å². The van der Waals surface area contributed by atoms with Crippen LogP contribution in [0.3, 0.4) is 0 Å². The molecular formula is C19H23N3O. The number of rotatable bonds is 4. The van der Waals surface area contributed by atoms with E-state index in [4.69, 9.17) is 0 Å². The summed E-state index contributed by atoms with van der Waals surface area (Å²) < 4.78 is 0. The third-order valence-electron chi connectivity index (χ3n) is 4.53. The SMILES string of the molecule is CNc1cc(C(=O)N2CCC(Cc3ccccc3)CC2)ccn1. The van der Waals surface area contributed by atoms with Gasteiger partial charge in [0.15, 0.2) is 0 Å². The largest absolute Gasteiger partial charge is 0.373 e. The minimum absolute atomic E-state index is 0.113. The summed E-state index contributed by atoms with van der Waals surface area (Å²) in [6.07, 6.45) is 4.94. The fraction of sp³-hybridized carbons (Fsp3) is 0.368. The highest BCUT2D eigenvalue weighted by atomic mass is 16.2. The van der Waals surface area contributed by atoms with E-state index in [1.165, 1.54) is 5.56 Å². The van der Waals surface area contributed by atoms with Gasteiger partial charge in [0.05, 0.1) is 0 Å². The average Bonchev–Trinajstić information content (AvgIpc) is 2.63. The lowest BCUT2D eigenvalue weighted by atomic mass is 9.90. The van der Waals surface area contributed by atoms with Gasteiger partial charge in [0.1, 0.15) is 5.82 Å². The molecule has 0 atom stereocenters. The van der Waals surface area contributed by atoms with E-state index in [0.717, 1.165) is 38.2 Å². The number of amides is 1. The Balaban J connectivity index is 1.57. The first-order chi connectivity index (χ1) is 11.3. The van der Waals surface area contributed by atoms with Crippen LogP contribution in [-0.2, 0) is 6.42 Å². The second-order valence-electron chi connectivity index (χ2n) is 6.11. The quantitative estimate of drug-likeness (QED) is 0.943. The van der Waals surface area contributed by atoms with Gasteiger partial charge in [-0.1, -0.05) is 30.3 Å². The lowest BCUT2D eigenvalue weighted by molar-refractivity contribution is 0.0690. The average molecular weight is 309 g/mol. The number of nitrogens with zero attached hydrogens (tertiary/aromatic N) is 2. The number of nitrogens with one attached hydrogen (secondary N) is 1. The fourth-order valence-corrected chi connectivity index (χ4v) is 3.17. The molecule has 120 valence electrons. The monoisotopic (exact) mass is 309 g/mol. The number of pyridine rings is 1. The lowest BCUT2D eigenvalue weighted by Gasteiger charge is -2.32. The van der Waals surface area contributed by atoms with Crippen LogP contribution in [0, 0.1) is 5.92 Å². The molecule has 2 heterocycles. The van der Waals surface area contributed by atoms with Crippen LogP contribution in [0.1, 0.15) is 28.8 Å². The Morgan fingerprint density at radius 1 is 1.22 bits per heavy atom. The predicted octanol–water partition coefficient (Wildman–Crippen LogP) is 3.22. The second-order valence-corrected chi connectivity index (χ2v) is 6.11. The molecule has 1 aliphatic rings. The molecule has 23 heavy (non-hydrogen) atoms. The second kappa shape index (κ2) is 7.27. The minimum Gasteiger partial charge on any atom is -0.373 e. The zero-order valence-corrected chi connectivity index (χ0v) is 13.5. The van der Waals surface area contributed by atoms with E-state index in [1.807, 2.05) is 18.0 Å². The summed E-state index contributed by atoms with van der Waals surface area (Å²) in [5.74, 6) is 1.52. The molecule has 1 aromatic heterocycles. The Labute approximate surface area is 137 Å². The van der Waals surface area contributed by atoms with Crippen LogP contribution < -0.4 is 5.32 Å². The number of piperidine rings is 1. The maximum absolute atomic E-state index is 12.6. The minimum atomic E-state index is 0.113. The number of anilines is 1. The topological polar surface area (TPSA) is 45.2 Å². The Kier molecular flexibility index (Phi) is 4.91. The number of likely N-dealkylation sites (tertiary alicyclic amines) is 1. The van der Waals surface area contributed by atoms with Crippen LogP contribution in [0.2, 0.25) is 0 Å². The van der Waals surface area contributed by atoms with Crippen molar-refractivity contribution in [1.29, 1.82) is 0 Å². The van der Waals surface area contributed by atoms with Crippen molar-refractivity contribution in [2.75, 3.05) is 25.5 Å². The van der Waals surface area contributed by atoms with E-state index in [9.17, 15) is 4.79 Å². The Morgan fingerprint density at radius 2 is 1.96 bits per heavy atom. The molecule has 0 bridgehead atoms. The van der Waals surface area contributed by atoms with Crippen molar-refractivity contribution in [2.45, 2.75) is 19.3 Å². The number of carbonyl (C=O) groups is 1. The van der Waals surface area contributed by atoms with Crippen LogP contribution in [0.25, 0.3) is 0 Å². The number of carbonyl (C=O) groups excluding carboxylic acids is 1. The number of hydrogen-bond acceptors (Lipinski definition) is 3. The summed E-state index contributed by atoms with van der Waals surface area (Å²) in [6.45, 7) is 1.68. The van der Waals surface area contributed by atoms with Gasteiger partial charge in [-0.15, -0.1) is 0 Å². The highest BCUT2D eigenvalue weighted by Crippen LogP contribution is 2.23. The summed E-state index contributed by atoms with van der Waals surface area (Å²) in [5.41, 5.74) is 2.11. The third-order valence-corrected chi connectivity index (χ3v) is 4.53. The van der Waals surface area contributed by atoms with E-state index in [2.05, 4.69) is 40.6 Å². The van der Waals surface area contributed by atoms with Crippen LogP contribution >= 0.6 is 0 Å². The molecule has 1 amide bonds. The molecule has 0 saturated carbocycles. The van der Waals surface area contributed by atoms with Crippen molar-refractivity contribution in [3.05, 3.63) is 59.8 Å². The van der Waals surface area contributed by atoms with Crippen molar-refractivity contribution in [1.82, 2.24) is 9.88 Å². The molecule has 4 nitrogen and oxygen atoms in total.